The first-order valence-corrected chi connectivity index (χ1v) is 19.7. The van der Waals surface area contributed by atoms with Gasteiger partial charge in [0.25, 0.3) is 0 Å². The number of allylic oxidation sites excluding steroid dienone is 2. The highest BCUT2D eigenvalue weighted by Gasteiger charge is 2.13. The summed E-state index contributed by atoms with van der Waals surface area (Å²) < 4.78 is 0. The third-order valence-electron chi connectivity index (χ3n) is 9.13. The molecule has 0 aliphatic carbocycles. The maximum Gasteiger partial charge on any atom is 0.243 e. The molecule has 0 aromatic rings. The maximum atomic E-state index is 12.2. The number of aliphatic imine (C=N–C) groups is 1. The van der Waals surface area contributed by atoms with Crippen molar-refractivity contribution in [1.29, 1.82) is 0 Å². The zero-order valence-corrected chi connectivity index (χ0v) is 29.7. The Morgan fingerprint density at radius 2 is 1.02 bits per heavy atom. The molecule has 4 heteroatoms. The van der Waals surface area contributed by atoms with Gasteiger partial charge in [-0.3, -0.25) is 9.79 Å². The van der Waals surface area contributed by atoms with Crippen molar-refractivity contribution < 1.29 is 4.79 Å². The summed E-state index contributed by atoms with van der Waals surface area (Å²) in [5.41, 5.74) is 0. The molecule has 0 bridgehead atoms. The van der Waals surface area contributed by atoms with Crippen LogP contribution in [0, 0.1) is 0 Å². The van der Waals surface area contributed by atoms with Crippen molar-refractivity contribution in [2.75, 3.05) is 26.2 Å². The summed E-state index contributed by atoms with van der Waals surface area (Å²) in [5, 5.41) is 3.06. The van der Waals surface area contributed by atoms with E-state index >= 15 is 0 Å². The number of hydrogen-bond acceptors (Lipinski definition) is 3. The van der Waals surface area contributed by atoms with Crippen molar-refractivity contribution in [2.24, 2.45) is 4.99 Å². The van der Waals surface area contributed by atoms with Gasteiger partial charge in [-0.2, -0.15) is 0 Å². The lowest BCUT2D eigenvalue weighted by Crippen LogP contribution is -2.35. The number of carbonyl (C=O) groups is 1. The Labute approximate surface area is 275 Å². The van der Waals surface area contributed by atoms with Gasteiger partial charge in [-0.15, -0.1) is 0 Å². The summed E-state index contributed by atoms with van der Waals surface area (Å²) in [4.78, 5) is 19.2. The van der Waals surface area contributed by atoms with E-state index in [0.29, 0.717) is 6.54 Å². The summed E-state index contributed by atoms with van der Waals surface area (Å²) in [6, 6.07) is 0. The van der Waals surface area contributed by atoms with Crippen molar-refractivity contribution in [1.82, 2.24) is 10.2 Å². The van der Waals surface area contributed by atoms with Crippen LogP contribution in [-0.4, -0.2) is 42.8 Å². The molecule has 0 aromatic heterocycles. The van der Waals surface area contributed by atoms with Crippen molar-refractivity contribution >= 4 is 11.7 Å². The number of rotatable bonds is 33. The fourth-order valence-electron chi connectivity index (χ4n) is 6.20. The van der Waals surface area contributed by atoms with E-state index in [1.807, 2.05) is 0 Å². The first kappa shape index (κ1) is 40.4. The van der Waals surface area contributed by atoms with E-state index in [-0.39, 0.29) is 5.91 Å². The summed E-state index contributed by atoms with van der Waals surface area (Å²) in [6.45, 7) is 7.91. The quantitative estimate of drug-likeness (QED) is 0.0591. The number of nitrogens with one attached hydrogen (secondary N) is 1. The number of nitrogens with zero attached hydrogens (tertiary/aromatic N) is 2. The summed E-state index contributed by atoms with van der Waals surface area (Å²) in [5.74, 6) is 1.13. The first-order valence-electron chi connectivity index (χ1n) is 19.7. The van der Waals surface area contributed by atoms with E-state index in [1.54, 1.807) is 6.08 Å². The average molecular weight is 614 g/mol. The average Bonchev–Trinajstić information content (AvgIpc) is 3.48. The minimum absolute atomic E-state index is 0.0373. The SMILES string of the molecule is CCCCCCCCCCCCCCC/C=C/C(=O)NCCN1CCN=C1/C=C/CCCCCCCCCCCCCCC. The van der Waals surface area contributed by atoms with Crippen molar-refractivity contribution in [2.45, 2.75) is 194 Å². The predicted molar refractivity (Wildman–Crippen MR) is 196 cm³/mol. The van der Waals surface area contributed by atoms with E-state index in [9.17, 15) is 4.79 Å². The summed E-state index contributed by atoms with van der Waals surface area (Å²) in [6.07, 6.45) is 46.6. The standard InChI is InChI=1S/C40H75N3O/c1-3-5-7-9-11-13-15-17-19-21-23-25-27-29-31-33-39-41-35-37-43(39)38-36-42-40(44)34-32-30-28-26-24-22-20-18-16-14-12-10-8-6-4-2/h31-34H,3-30,35-38H2,1-2H3,(H,42,44)/b33-31+,34-32+. The van der Waals surface area contributed by atoms with Gasteiger partial charge in [0.2, 0.25) is 5.91 Å². The second-order valence-electron chi connectivity index (χ2n) is 13.4. The minimum Gasteiger partial charge on any atom is -0.353 e. The second kappa shape index (κ2) is 32.8. The van der Waals surface area contributed by atoms with Gasteiger partial charge in [0, 0.05) is 19.6 Å². The largest absolute Gasteiger partial charge is 0.353 e. The van der Waals surface area contributed by atoms with Crippen LogP contribution in [0.15, 0.2) is 29.3 Å². The molecule has 1 amide bonds. The molecule has 1 aliphatic heterocycles. The minimum atomic E-state index is 0.0373. The molecule has 1 aliphatic rings. The lowest BCUT2D eigenvalue weighted by molar-refractivity contribution is -0.116. The fourth-order valence-corrected chi connectivity index (χ4v) is 6.20. The molecule has 256 valence electrons. The molecular formula is C40H75N3O. The molecular weight excluding hydrogens is 538 g/mol. The van der Waals surface area contributed by atoms with Crippen LogP contribution in [0.3, 0.4) is 0 Å². The molecule has 0 saturated heterocycles. The zero-order valence-electron chi connectivity index (χ0n) is 29.7. The van der Waals surface area contributed by atoms with Gasteiger partial charge >= 0.3 is 0 Å². The number of carbonyl (C=O) groups excluding carboxylic acids is 1. The highest BCUT2D eigenvalue weighted by atomic mass is 16.1. The van der Waals surface area contributed by atoms with Gasteiger partial charge in [-0.25, -0.2) is 0 Å². The maximum absolute atomic E-state index is 12.2. The molecule has 1 heterocycles. The molecule has 0 unspecified atom stereocenters. The molecule has 0 radical (unpaired) electrons. The summed E-state index contributed by atoms with van der Waals surface area (Å²) in [7, 11) is 0. The van der Waals surface area contributed by atoms with Gasteiger partial charge in [0.15, 0.2) is 0 Å². The molecule has 0 spiro atoms. The topological polar surface area (TPSA) is 44.7 Å². The molecule has 0 aromatic carbocycles. The van der Waals surface area contributed by atoms with Crippen molar-refractivity contribution in [3.8, 4) is 0 Å². The second-order valence-corrected chi connectivity index (χ2v) is 13.4. The van der Waals surface area contributed by atoms with E-state index in [0.717, 1.165) is 38.3 Å². The van der Waals surface area contributed by atoms with E-state index < -0.39 is 0 Å². The molecule has 0 atom stereocenters. The molecule has 1 N–H and O–H groups in total. The van der Waals surface area contributed by atoms with Crippen molar-refractivity contribution in [3.05, 3.63) is 24.3 Å². The van der Waals surface area contributed by atoms with E-state index in [2.05, 4.69) is 47.3 Å². The van der Waals surface area contributed by atoms with Gasteiger partial charge in [0.1, 0.15) is 5.84 Å². The van der Waals surface area contributed by atoms with Crippen molar-refractivity contribution in [3.63, 3.8) is 0 Å². The highest BCUT2D eigenvalue weighted by molar-refractivity contribution is 5.94. The Balaban J connectivity index is 1.91. The first-order chi connectivity index (χ1) is 21.8. The van der Waals surface area contributed by atoms with Crippen LogP contribution < -0.4 is 5.32 Å². The van der Waals surface area contributed by atoms with Crippen LogP contribution in [0.25, 0.3) is 0 Å². The Morgan fingerprint density at radius 3 is 1.48 bits per heavy atom. The molecule has 4 nitrogen and oxygen atoms in total. The molecule has 1 rings (SSSR count). The van der Waals surface area contributed by atoms with Crippen LogP contribution in [0.4, 0.5) is 0 Å². The summed E-state index contributed by atoms with van der Waals surface area (Å²) >= 11 is 0. The Hall–Kier alpha value is -1.58. The molecule has 0 saturated carbocycles. The fraction of sp³-hybridized carbons (Fsp3) is 0.850. The van der Waals surface area contributed by atoms with Gasteiger partial charge in [-0.05, 0) is 37.8 Å². The number of amidine groups is 1. The Bertz CT molecular complexity index is 713. The van der Waals surface area contributed by atoms with Crippen LogP contribution in [0.1, 0.15) is 194 Å². The normalized spacial score (nSPS) is 13.5. The Kier molecular flexibility index (Phi) is 30.2. The van der Waals surface area contributed by atoms with Gasteiger partial charge in [0.05, 0.1) is 6.54 Å². The van der Waals surface area contributed by atoms with E-state index in [4.69, 9.17) is 0 Å². The van der Waals surface area contributed by atoms with Crippen LogP contribution in [0.5, 0.6) is 0 Å². The number of hydrogen-bond donors (Lipinski definition) is 1. The van der Waals surface area contributed by atoms with E-state index in [1.165, 1.54) is 167 Å². The van der Waals surface area contributed by atoms with Gasteiger partial charge in [-0.1, -0.05) is 180 Å². The lowest BCUT2D eigenvalue weighted by Gasteiger charge is -2.18. The molecule has 0 fully saturated rings. The van der Waals surface area contributed by atoms with Crippen LogP contribution in [-0.2, 0) is 4.79 Å². The van der Waals surface area contributed by atoms with Crippen LogP contribution >= 0.6 is 0 Å². The number of amides is 1. The van der Waals surface area contributed by atoms with Gasteiger partial charge < -0.3 is 10.2 Å². The monoisotopic (exact) mass is 614 g/mol. The third kappa shape index (κ3) is 26.8. The zero-order chi connectivity index (χ0) is 31.6. The highest BCUT2D eigenvalue weighted by Crippen LogP contribution is 2.14. The number of unbranched alkanes of at least 4 members (excludes halogenated alkanes) is 26. The predicted octanol–water partition coefficient (Wildman–Crippen LogP) is 11.9. The van der Waals surface area contributed by atoms with Crippen LogP contribution in [0.2, 0.25) is 0 Å². The molecule has 44 heavy (non-hydrogen) atoms. The third-order valence-corrected chi connectivity index (χ3v) is 9.13. The smallest absolute Gasteiger partial charge is 0.243 e. The Morgan fingerprint density at radius 1 is 0.614 bits per heavy atom. The lowest BCUT2D eigenvalue weighted by atomic mass is 10.0.